The fourth-order valence-electron chi connectivity index (χ4n) is 2.31. The van der Waals surface area contributed by atoms with Gasteiger partial charge in [0.2, 0.25) is 5.91 Å². The standard InChI is InChI=1S/C14H28N2O2/c1-3-5-10-18-11-6-8-16-13(17)14(4-2)7-9-15-12-14/h15H,3-12H2,1-2H3,(H,16,17). The molecule has 106 valence electrons. The van der Waals surface area contributed by atoms with Gasteiger partial charge in [-0.25, -0.2) is 0 Å². The number of ether oxygens (including phenoxy) is 1. The van der Waals surface area contributed by atoms with E-state index in [9.17, 15) is 4.79 Å². The fraction of sp³-hybridized carbons (Fsp3) is 0.929. The van der Waals surface area contributed by atoms with Crippen LogP contribution in [0.5, 0.6) is 0 Å². The van der Waals surface area contributed by atoms with Crippen molar-refractivity contribution in [2.75, 3.05) is 32.8 Å². The van der Waals surface area contributed by atoms with Crippen molar-refractivity contribution in [1.29, 1.82) is 0 Å². The topological polar surface area (TPSA) is 50.4 Å². The van der Waals surface area contributed by atoms with E-state index in [0.29, 0.717) is 0 Å². The van der Waals surface area contributed by atoms with Crippen molar-refractivity contribution < 1.29 is 9.53 Å². The maximum atomic E-state index is 12.1. The second-order valence-corrected chi connectivity index (χ2v) is 5.14. The maximum absolute atomic E-state index is 12.1. The number of carbonyl (C=O) groups excluding carboxylic acids is 1. The molecule has 0 spiro atoms. The Hall–Kier alpha value is -0.610. The molecule has 0 saturated carbocycles. The van der Waals surface area contributed by atoms with E-state index in [4.69, 9.17) is 4.74 Å². The quantitative estimate of drug-likeness (QED) is 0.617. The number of rotatable bonds is 9. The highest BCUT2D eigenvalue weighted by Gasteiger charge is 2.38. The lowest BCUT2D eigenvalue weighted by Crippen LogP contribution is -2.42. The first kappa shape index (κ1) is 15.4. The average Bonchev–Trinajstić information content (AvgIpc) is 2.87. The van der Waals surface area contributed by atoms with Crippen LogP contribution in [0.3, 0.4) is 0 Å². The minimum Gasteiger partial charge on any atom is -0.381 e. The first-order valence-corrected chi connectivity index (χ1v) is 7.32. The summed E-state index contributed by atoms with van der Waals surface area (Å²) < 4.78 is 5.47. The van der Waals surface area contributed by atoms with Gasteiger partial charge in [-0.15, -0.1) is 0 Å². The normalized spacial score (nSPS) is 23.2. The van der Waals surface area contributed by atoms with Crippen LogP contribution in [0.15, 0.2) is 0 Å². The molecule has 1 saturated heterocycles. The summed E-state index contributed by atoms with van der Waals surface area (Å²) in [7, 11) is 0. The van der Waals surface area contributed by atoms with Crippen LogP contribution >= 0.6 is 0 Å². The molecular weight excluding hydrogens is 228 g/mol. The molecule has 1 aliphatic heterocycles. The predicted molar refractivity (Wildman–Crippen MR) is 73.6 cm³/mol. The summed E-state index contributed by atoms with van der Waals surface area (Å²) in [6.07, 6.45) is 5.07. The lowest BCUT2D eigenvalue weighted by Gasteiger charge is -2.25. The lowest BCUT2D eigenvalue weighted by atomic mass is 9.83. The molecule has 1 unspecified atom stereocenters. The second kappa shape index (κ2) is 8.48. The summed E-state index contributed by atoms with van der Waals surface area (Å²) in [5.74, 6) is 0.212. The Bertz CT molecular complexity index is 238. The molecule has 0 bridgehead atoms. The van der Waals surface area contributed by atoms with Crippen LogP contribution in [0.4, 0.5) is 0 Å². The molecule has 0 aromatic rings. The van der Waals surface area contributed by atoms with Crippen molar-refractivity contribution in [1.82, 2.24) is 10.6 Å². The van der Waals surface area contributed by atoms with Crippen molar-refractivity contribution in [3.63, 3.8) is 0 Å². The largest absolute Gasteiger partial charge is 0.381 e. The van der Waals surface area contributed by atoms with E-state index in [1.807, 2.05) is 0 Å². The van der Waals surface area contributed by atoms with Gasteiger partial charge in [-0.2, -0.15) is 0 Å². The summed E-state index contributed by atoms with van der Waals surface area (Å²) in [6.45, 7) is 8.35. The Morgan fingerprint density at radius 2 is 2.11 bits per heavy atom. The van der Waals surface area contributed by atoms with Crippen LogP contribution in [0.1, 0.15) is 46.0 Å². The van der Waals surface area contributed by atoms with Gasteiger partial charge in [0.25, 0.3) is 0 Å². The van der Waals surface area contributed by atoms with Gasteiger partial charge in [-0.1, -0.05) is 20.3 Å². The Balaban J connectivity index is 2.09. The van der Waals surface area contributed by atoms with Gasteiger partial charge in [0.15, 0.2) is 0 Å². The Morgan fingerprint density at radius 3 is 2.72 bits per heavy atom. The summed E-state index contributed by atoms with van der Waals surface area (Å²) >= 11 is 0. The number of amides is 1. The molecule has 0 aromatic heterocycles. The number of unbranched alkanes of at least 4 members (excludes halogenated alkanes) is 1. The number of hydrogen-bond acceptors (Lipinski definition) is 3. The molecule has 0 aliphatic carbocycles. The molecule has 1 heterocycles. The van der Waals surface area contributed by atoms with Gasteiger partial charge >= 0.3 is 0 Å². The minimum atomic E-state index is -0.164. The summed E-state index contributed by atoms with van der Waals surface area (Å²) in [4.78, 5) is 12.1. The van der Waals surface area contributed by atoms with E-state index in [-0.39, 0.29) is 11.3 Å². The van der Waals surface area contributed by atoms with E-state index < -0.39 is 0 Å². The number of nitrogens with one attached hydrogen (secondary N) is 2. The van der Waals surface area contributed by atoms with Crippen LogP contribution in [0.2, 0.25) is 0 Å². The van der Waals surface area contributed by atoms with Gasteiger partial charge in [0.05, 0.1) is 5.41 Å². The monoisotopic (exact) mass is 256 g/mol. The third-order valence-corrected chi connectivity index (χ3v) is 3.80. The maximum Gasteiger partial charge on any atom is 0.227 e. The van der Waals surface area contributed by atoms with E-state index in [2.05, 4.69) is 24.5 Å². The predicted octanol–water partition coefficient (Wildman–Crippen LogP) is 1.70. The first-order valence-electron chi connectivity index (χ1n) is 7.32. The highest BCUT2D eigenvalue weighted by molar-refractivity contribution is 5.83. The third-order valence-electron chi connectivity index (χ3n) is 3.80. The Morgan fingerprint density at radius 1 is 1.33 bits per heavy atom. The number of carbonyl (C=O) groups is 1. The SMILES string of the molecule is CCCCOCCCNC(=O)C1(CC)CCNC1. The molecule has 4 nitrogen and oxygen atoms in total. The molecule has 2 N–H and O–H groups in total. The summed E-state index contributed by atoms with van der Waals surface area (Å²) in [6, 6.07) is 0. The van der Waals surface area contributed by atoms with Gasteiger partial charge in [-0.05, 0) is 32.2 Å². The summed E-state index contributed by atoms with van der Waals surface area (Å²) in [5, 5.41) is 6.33. The second-order valence-electron chi connectivity index (χ2n) is 5.14. The van der Waals surface area contributed by atoms with Crippen molar-refractivity contribution in [2.45, 2.75) is 46.0 Å². The highest BCUT2D eigenvalue weighted by Crippen LogP contribution is 2.29. The van der Waals surface area contributed by atoms with E-state index in [1.165, 1.54) is 6.42 Å². The first-order chi connectivity index (χ1) is 8.75. The average molecular weight is 256 g/mol. The molecular formula is C14H28N2O2. The van der Waals surface area contributed by atoms with Gasteiger partial charge in [-0.3, -0.25) is 4.79 Å². The number of hydrogen-bond donors (Lipinski definition) is 2. The summed E-state index contributed by atoms with van der Waals surface area (Å²) in [5.41, 5.74) is -0.164. The zero-order chi connectivity index (χ0) is 13.3. The van der Waals surface area contributed by atoms with Crippen molar-refractivity contribution >= 4 is 5.91 Å². The highest BCUT2D eigenvalue weighted by atomic mass is 16.5. The molecule has 0 radical (unpaired) electrons. The van der Waals surface area contributed by atoms with Crippen molar-refractivity contribution in [3.05, 3.63) is 0 Å². The van der Waals surface area contributed by atoms with Crippen LogP contribution in [0, 0.1) is 5.41 Å². The molecule has 1 rings (SSSR count). The molecule has 1 aliphatic rings. The zero-order valence-corrected chi connectivity index (χ0v) is 11.9. The zero-order valence-electron chi connectivity index (χ0n) is 11.9. The van der Waals surface area contributed by atoms with Crippen LogP contribution in [-0.2, 0) is 9.53 Å². The Kier molecular flexibility index (Phi) is 7.28. The van der Waals surface area contributed by atoms with E-state index in [1.54, 1.807) is 0 Å². The minimum absolute atomic E-state index is 0.164. The molecule has 18 heavy (non-hydrogen) atoms. The van der Waals surface area contributed by atoms with Crippen LogP contribution in [0.25, 0.3) is 0 Å². The smallest absolute Gasteiger partial charge is 0.227 e. The van der Waals surface area contributed by atoms with Crippen LogP contribution in [-0.4, -0.2) is 38.8 Å². The van der Waals surface area contributed by atoms with Gasteiger partial charge in [0.1, 0.15) is 0 Å². The van der Waals surface area contributed by atoms with Crippen molar-refractivity contribution in [2.24, 2.45) is 5.41 Å². The molecule has 1 amide bonds. The van der Waals surface area contributed by atoms with Crippen LogP contribution < -0.4 is 10.6 Å². The Labute approximate surface area is 111 Å². The van der Waals surface area contributed by atoms with E-state index in [0.717, 1.165) is 58.5 Å². The van der Waals surface area contributed by atoms with E-state index >= 15 is 0 Å². The third kappa shape index (κ3) is 4.58. The lowest BCUT2D eigenvalue weighted by molar-refractivity contribution is -0.130. The van der Waals surface area contributed by atoms with Gasteiger partial charge < -0.3 is 15.4 Å². The fourth-order valence-corrected chi connectivity index (χ4v) is 2.31. The molecule has 4 heteroatoms. The van der Waals surface area contributed by atoms with Crippen molar-refractivity contribution in [3.8, 4) is 0 Å². The van der Waals surface area contributed by atoms with Gasteiger partial charge in [0, 0.05) is 26.3 Å². The molecule has 0 aromatic carbocycles. The molecule has 1 fully saturated rings. The molecule has 1 atom stereocenters.